The summed E-state index contributed by atoms with van der Waals surface area (Å²) in [7, 11) is 1.68. The Morgan fingerprint density at radius 3 is 1.58 bits per heavy atom. The summed E-state index contributed by atoms with van der Waals surface area (Å²) in [5, 5.41) is 31.8. The third-order valence-corrected chi connectivity index (χ3v) is 15.4. The molecule has 2 aliphatic heterocycles. The predicted molar refractivity (Wildman–Crippen MR) is 320 cm³/mol. The highest BCUT2D eigenvalue weighted by atomic mass is 35.5. The number of aliphatic imine (C=N–C) groups is 1. The van der Waals surface area contributed by atoms with E-state index in [1.165, 1.54) is 11.1 Å². The highest BCUT2D eigenvalue weighted by Crippen LogP contribution is 2.26. The fourth-order valence-corrected chi connectivity index (χ4v) is 10.7. The molecule has 1 unspecified atom stereocenters. The van der Waals surface area contributed by atoms with Crippen LogP contribution in [0.1, 0.15) is 96.6 Å². The third-order valence-electron chi connectivity index (χ3n) is 14.9. The van der Waals surface area contributed by atoms with Crippen LogP contribution in [0.4, 0.5) is 0 Å². The number of nitrogens with zero attached hydrogens (tertiary/aromatic N) is 3. The number of hydrogen-bond donors (Lipinski definition) is 9. The molecular weight excluding hydrogens is 1040 g/mol. The third kappa shape index (κ3) is 16.9. The van der Waals surface area contributed by atoms with Crippen molar-refractivity contribution in [3.63, 3.8) is 0 Å². The second-order valence-electron chi connectivity index (χ2n) is 20.4. The zero-order valence-electron chi connectivity index (χ0n) is 45.6. The van der Waals surface area contributed by atoms with Crippen LogP contribution in [0.3, 0.4) is 0 Å². The highest BCUT2D eigenvalue weighted by molar-refractivity contribution is 6.31. The predicted octanol–water partition coefficient (Wildman–Crippen LogP) is 7.75. The number of amides is 4. The lowest BCUT2D eigenvalue weighted by molar-refractivity contribution is -0.134. The van der Waals surface area contributed by atoms with Crippen molar-refractivity contribution >= 4 is 80.3 Å². The molecular formula is C61H76Cl2N12O4. The first-order valence-electron chi connectivity index (χ1n) is 27.4. The summed E-state index contributed by atoms with van der Waals surface area (Å²) in [6.07, 6.45) is 3.78. The average Bonchev–Trinajstić information content (AvgIpc) is 3.75. The molecule has 6 aromatic rings. The van der Waals surface area contributed by atoms with Crippen LogP contribution in [0.2, 0.25) is 10.0 Å². The molecule has 0 spiro atoms. The van der Waals surface area contributed by atoms with Crippen molar-refractivity contribution in [2.75, 3.05) is 52.9 Å². The fourth-order valence-electron chi connectivity index (χ4n) is 10.4. The van der Waals surface area contributed by atoms with E-state index in [-0.39, 0.29) is 59.5 Å². The maximum atomic E-state index is 13.7. The lowest BCUT2D eigenvalue weighted by Crippen LogP contribution is -2.54. The molecule has 8 rings (SSSR count). The van der Waals surface area contributed by atoms with Gasteiger partial charge in [0.15, 0.2) is 11.9 Å². The number of guanidine groups is 2. The van der Waals surface area contributed by atoms with Gasteiger partial charge in [-0.3, -0.25) is 29.9 Å². The van der Waals surface area contributed by atoms with Crippen LogP contribution >= 0.6 is 23.2 Å². The van der Waals surface area contributed by atoms with Crippen molar-refractivity contribution in [3.8, 4) is 0 Å². The van der Waals surface area contributed by atoms with E-state index in [1.54, 1.807) is 19.2 Å². The van der Waals surface area contributed by atoms with E-state index in [1.807, 2.05) is 114 Å². The quantitative estimate of drug-likeness (QED) is 0.0283. The van der Waals surface area contributed by atoms with E-state index in [9.17, 15) is 19.2 Å². The summed E-state index contributed by atoms with van der Waals surface area (Å²) < 4.78 is 0. The summed E-state index contributed by atoms with van der Waals surface area (Å²) in [6, 6.07) is 41.2. The number of hydrogen-bond acceptors (Lipinski definition) is 8. The van der Waals surface area contributed by atoms with Crippen LogP contribution < -0.4 is 43.4 Å². The Balaban J connectivity index is 0.000000229. The van der Waals surface area contributed by atoms with Crippen LogP contribution in [0.15, 0.2) is 138 Å². The van der Waals surface area contributed by atoms with Gasteiger partial charge in [-0.15, -0.1) is 0 Å². The maximum absolute atomic E-state index is 13.7. The van der Waals surface area contributed by atoms with Gasteiger partial charge in [-0.25, -0.2) is 4.99 Å². The Hall–Kier alpha value is -7.24. The lowest BCUT2D eigenvalue weighted by Gasteiger charge is -2.30. The molecule has 418 valence electrons. The number of benzene rings is 6. The number of nitrogens with one attached hydrogen (secondary N) is 7. The molecule has 16 nitrogen and oxygen atoms in total. The van der Waals surface area contributed by atoms with Crippen molar-refractivity contribution in [1.82, 2.24) is 41.7 Å². The summed E-state index contributed by atoms with van der Waals surface area (Å²) in [5.41, 5.74) is 14.9. The van der Waals surface area contributed by atoms with Gasteiger partial charge in [0.2, 0.25) is 11.8 Å². The van der Waals surface area contributed by atoms with Gasteiger partial charge in [0.05, 0.1) is 12.1 Å². The standard InChI is InChI=1S/C31H39ClN6O2.C30H37ClN6O2/c1-3-21(22-7-5-4-6-8-22)20-38-16-14-27(37-28(30(38)40)13-15-35-31(33)34-2)19-36-29(39)25-10-9-24-18-26(32)12-11-23(24)17-25;1-3-20(21-7-5-4-6-8-21)18-37-14-13-26(36-27(29(37)39)19(2)35-30(32)33)17-34-28(38)24-10-9-23-16-25(31)12-11-22(23)15-24/h4-12,17-18,21,27-28,37H,3,13-16,19-20H2,1-2H3,(H,36,39)(H3,33,34,35);4-12,15-16,19-20,26-27,36H,3,13-14,17-18H2,1-2H3,(H,34,38)(H4,32,33,35)/t21-,27+,28+;19?,20-,26+,27+/m11/s1. The Kier molecular flexibility index (Phi) is 21.9. The Labute approximate surface area is 474 Å². The van der Waals surface area contributed by atoms with Crippen molar-refractivity contribution in [3.05, 3.63) is 166 Å². The van der Waals surface area contributed by atoms with Crippen LogP contribution in [0, 0.1) is 5.41 Å². The van der Waals surface area contributed by atoms with Crippen molar-refractivity contribution in [2.24, 2.45) is 16.5 Å². The minimum atomic E-state index is -0.616. The maximum Gasteiger partial charge on any atom is 0.251 e. The first-order valence-corrected chi connectivity index (χ1v) is 28.1. The van der Waals surface area contributed by atoms with Crippen molar-refractivity contribution < 1.29 is 19.2 Å². The van der Waals surface area contributed by atoms with Gasteiger partial charge in [0, 0.05) is 98.0 Å². The topological polar surface area (TPSA) is 235 Å². The van der Waals surface area contributed by atoms with Gasteiger partial charge in [-0.2, -0.15) is 0 Å². The lowest BCUT2D eigenvalue weighted by atomic mass is 9.95. The molecule has 4 amide bonds. The molecule has 0 bridgehead atoms. The fraction of sp³-hybridized carbons (Fsp3) is 0.377. The van der Waals surface area contributed by atoms with Crippen molar-refractivity contribution in [1.29, 1.82) is 5.41 Å². The van der Waals surface area contributed by atoms with E-state index < -0.39 is 18.1 Å². The van der Waals surface area contributed by atoms with Gasteiger partial charge in [-0.1, -0.05) is 122 Å². The van der Waals surface area contributed by atoms with Gasteiger partial charge < -0.3 is 47.9 Å². The first-order chi connectivity index (χ1) is 38.1. The molecule has 6 aromatic carbocycles. The van der Waals surface area contributed by atoms with Gasteiger partial charge in [-0.05, 0) is 120 Å². The summed E-state index contributed by atoms with van der Waals surface area (Å²) >= 11 is 12.2. The van der Waals surface area contributed by atoms with Gasteiger partial charge in [0.25, 0.3) is 11.8 Å². The van der Waals surface area contributed by atoms with Crippen LogP contribution in [0.5, 0.6) is 0 Å². The average molecular weight is 1110 g/mol. The Bertz CT molecular complexity index is 3050. The monoisotopic (exact) mass is 1110 g/mol. The Morgan fingerprint density at radius 1 is 0.658 bits per heavy atom. The smallest absolute Gasteiger partial charge is 0.251 e. The number of carbonyl (C=O) groups is 4. The zero-order valence-corrected chi connectivity index (χ0v) is 47.1. The number of nitrogens with two attached hydrogens (primary N) is 2. The van der Waals surface area contributed by atoms with E-state index >= 15 is 0 Å². The van der Waals surface area contributed by atoms with E-state index in [0.29, 0.717) is 79.8 Å². The second kappa shape index (κ2) is 29.1. The molecule has 0 aliphatic carbocycles. The molecule has 18 heteroatoms. The largest absolute Gasteiger partial charge is 0.370 e. The minimum Gasteiger partial charge on any atom is -0.370 e. The van der Waals surface area contributed by atoms with Crippen LogP contribution in [-0.2, 0) is 9.59 Å². The molecule has 2 heterocycles. The second-order valence-corrected chi connectivity index (χ2v) is 21.3. The number of halogens is 2. The molecule has 0 saturated carbocycles. The van der Waals surface area contributed by atoms with Crippen LogP contribution in [-0.4, -0.2) is 128 Å². The van der Waals surface area contributed by atoms with E-state index in [4.69, 9.17) is 40.1 Å². The Morgan fingerprint density at radius 2 is 1.11 bits per heavy atom. The van der Waals surface area contributed by atoms with E-state index in [0.717, 1.165) is 40.8 Å². The molecule has 0 aromatic heterocycles. The molecule has 2 fully saturated rings. The van der Waals surface area contributed by atoms with Crippen molar-refractivity contribution in [2.45, 2.75) is 94.9 Å². The van der Waals surface area contributed by atoms with Crippen LogP contribution in [0.25, 0.3) is 21.5 Å². The number of fused-ring (bicyclic) bond motifs is 2. The van der Waals surface area contributed by atoms with E-state index in [2.05, 4.69) is 75.0 Å². The highest BCUT2D eigenvalue weighted by Gasteiger charge is 2.36. The molecule has 79 heavy (non-hydrogen) atoms. The summed E-state index contributed by atoms with van der Waals surface area (Å²) in [6.45, 7) is 9.80. The number of carbonyl (C=O) groups excluding carboxylic acids is 4. The molecule has 2 aliphatic rings. The minimum absolute atomic E-state index is 0.0381. The van der Waals surface area contributed by atoms with Gasteiger partial charge in [0.1, 0.15) is 6.04 Å². The normalized spacial score (nSPS) is 18.7. The number of rotatable bonds is 19. The molecule has 0 radical (unpaired) electrons. The molecule has 2 saturated heterocycles. The van der Waals surface area contributed by atoms with Gasteiger partial charge >= 0.3 is 0 Å². The first kappa shape index (κ1) is 59.4. The molecule has 7 atom stereocenters. The molecule has 11 N–H and O–H groups in total. The zero-order chi connectivity index (χ0) is 56.4. The SMILES string of the molecule is CC[C@H](CN1CC[C@@H](CNC(=O)c2ccc3cc(Cl)ccc3c2)N[C@@H](C(C)N=C(N)N)C1=O)c1ccccc1.CC[C@H](CN1CC[C@@H](CNC(=O)c2ccc3cc(Cl)ccc3c2)N[C@@H](CCNC(=N)NC)C1=O)c1ccccc1. The summed E-state index contributed by atoms with van der Waals surface area (Å²) in [4.78, 5) is 61.6. The summed E-state index contributed by atoms with van der Waals surface area (Å²) in [5.74, 6) is 0.319.